The predicted octanol–water partition coefficient (Wildman–Crippen LogP) is 1.87. The number of carbonyl (C=O) groups is 2. The Hall–Kier alpha value is -2.11. The highest BCUT2D eigenvalue weighted by Gasteiger charge is 2.11. The van der Waals surface area contributed by atoms with Crippen molar-refractivity contribution in [3.05, 3.63) is 35.6 Å². The minimum absolute atomic E-state index is 0.0243. The van der Waals surface area contributed by atoms with Crippen LogP contribution in [0.2, 0.25) is 0 Å². The van der Waals surface area contributed by atoms with Gasteiger partial charge in [0.2, 0.25) is 0 Å². The highest BCUT2D eigenvalue weighted by molar-refractivity contribution is 5.70. The zero-order valence-corrected chi connectivity index (χ0v) is 9.93. The summed E-state index contributed by atoms with van der Waals surface area (Å²) in [5.41, 5.74) is 0.663. The van der Waals surface area contributed by atoms with Crippen LogP contribution >= 0.6 is 0 Å². The SMILES string of the molecule is CN(CCC(=O)O)C(=O)OCc1ccc(F)cc1. The molecule has 1 rings (SSSR count). The molecule has 0 saturated heterocycles. The molecular formula is C12H14FNO4. The molecule has 0 radical (unpaired) electrons. The highest BCUT2D eigenvalue weighted by atomic mass is 19.1. The molecule has 0 aliphatic rings. The highest BCUT2D eigenvalue weighted by Crippen LogP contribution is 2.05. The molecule has 0 atom stereocenters. The number of hydrogen-bond donors (Lipinski definition) is 1. The summed E-state index contributed by atoms with van der Waals surface area (Å²) >= 11 is 0. The first-order chi connectivity index (χ1) is 8.49. The molecule has 1 aromatic rings. The van der Waals surface area contributed by atoms with E-state index in [4.69, 9.17) is 9.84 Å². The van der Waals surface area contributed by atoms with Crippen LogP contribution in [0.25, 0.3) is 0 Å². The van der Waals surface area contributed by atoms with Crippen molar-refractivity contribution in [2.75, 3.05) is 13.6 Å². The molecule has 5 nitrogen and oxygen atoms in total. The standard InChI is InChI=1S/C12H14FNO4/c1-14(7-6-11(15)16)12(17)18-8-9-2-4-10(13)5-3-9/h2-5H,6-8H2,1H3,(H,15,16). The van der Waals surface area contributed by atoms with E-state index in [1.165, 1.54) is 36.2 Å². The van der Waals surface area contributed by atoms with E-state index in [1.807, 2.05) is 0 Å². The summed E-state index contributed by atoms with van der Waals surface area (Å²) < 4.78 is 17.6. The molecule has 0 bridgehead atoms. The maximum absolute atomic E-state index is 12.6. The summed E-state index contributed by atoms with van der Waals surface area (Å²) in [5.74, 6) is -1.34. The number of carboxylic acid groups (broad SMARTS) is 1. The Morgan fingerprint density at radius 1 is 1.33 bits per heavy atom. The van der Waals surface area contributed by atoms with Gasteiger partial charge < -0.3 is 14.7 Å². The summed E-state index contributed by atoms with van der Waals surface area (Å²) in [4.78, 5) is 22.9. The lowest BCUT2D eigenvalue weighted by molar-refractivity contribution is -0.137. The Balaban J connectivity index is 2.36. The number of nitrogens with zero attached hydrogens (tertiary/aromatic N) is 1. The van der Waals surface area contributed by atoms with Gasteiger partial charge in [-0.3, -0.25) is 4.79 Å². The van der Waals surface area contributed by atoms with Crippen molar-refractivity contribution in [1.82, 2.24) is 4.90 Å². The number of hydrogen-bond acceptors (Lipinski definition) is 3. The Morgan fingerprint density at radius 3 is 2.50 bits per heavy atom. The van der Waals surface area contributed by atoms with Crippen LogP contribution in [0.3, 0.4) is 0 Å². The molecular weight excluding hydrogens is 241 g/mol. The van der Waals surface area contributed by atoms with Gasteiger partial charge in [0.15, 0.2) is 0 Å². The average molecular weight is 255 g/mol. The summed E-state index contributed by atoms with van der Waals surface area (Å²) in [6.07, 6.45) is -0.747. The predicted molar refractivity (Wildman–Crippen MR) is 61.5 cm³/mol. The van der Waals surface area contributed by atoms with E-state index >= 15 is 0 Å². The number of halogens is 1. The summed E-state index contributed by atoms with van der Waals surface area (Å²) in [6.45, 7) is 0.105. The van der Waals surface area contributed by atoms with Gasteiger partial charge in [0, 0.05) is 13.6 Å². The van der Waals surface area contributed by atoms with Gasteiger partial charge in [-0.15, -0.1) is 0 Å². The lowest BCUT2D eigenvalue weighted by atomic mass is 10.2. The third kappa shape index (κ3) is 4.82. The summed E-state index contributed by atoms with van der Waals surface area (Å²) in [5, 5.41) is 8.46. The number of rotatable bonds is 5. The normalized spacial score (nSPS) is 9.89. The van der Waals surface area contributed by atoms with Crippen molar-refractivity contribution >= 4 is 12.1 Å². The molecule has 1 aromatic carbocycles. The minimum Gasteiger partial charge on any atom is -0.481 e. The van der Waals surface area contributed by atoms with Gasteiger partial charge in [0.1, 0.15) is 12.4 Å². The van der Waals surface area contributed by atoms with Crippen LogP contribution in [-0.2, 0) is 16.1 Å². The van der Waals surface area contributed by atoms with Crippen LogP contribution in [0.4, 0.5) is 9.18 Å². The number of carboxylic acids is 1. The fraction of sp³-hybridized carbons (Fsp3) is 0.333. The van der Waals surface area contributed by atoms with Gasteiger partial charge in [0.05, 0.1) is 6.42 Å². The number of amides is 1. The van der Waals surface area contributed by atoms with Crippen molar-refractivity contribution in [1.29, 1.82) is 0 Å². The molecule has 0 aliphatic carbocycles. The van der Waals surface area contributed by atoms with E-state index in [-0.39, 0.29) is 25.4 Å². The quantitative estimate of drug-likeness (QED) is 0.872. The van der Waals surface area contributed by atoms with Gasteiger partial charge in [-0.2, -0.15) is 0 Å². The van der Waals surface area contributed by atoms with Gasteiger partial charge in [0.25, 0.3) is 0 Å². The molecule has 6 heteroatoms. The third-order valence-electron chi connectivity index (χ3n) is 2.25. The molecule has 0 aromatic heterocycles. The maximum atomic E-state index is 12.6. The molecule has 0 unspecified atom stereocenters. The van der Waals surface area contributed by atoms with Gasteiger partial charge in [-0.25, -0.2) is 9.18 Å². The molecule has 0 heterocycles. The second-order valence-electron chi connectivity index (χ2n) is 3.75. The topological polar surface area (TPSA) is 66.8 Å². The van der Waals surface area contributed by atoms with E-state index in [1.54, 1.807) is 0 Å². The largest absolute Gasteiger partial charge is 0.481 e. The van der Waals surface area contributed by atoms with Crippen molar-refractivity contribution in [3.8, 4) is 0 Å². The van der Waals surface area contributed by atoms with Crippen LogP contribution in [0, 0.1) is 5.82 Å². The first-order valence-electron chi connectivity index (χ1n) is 5.33. The third-order valence-corrected chi connectivity index (χ3v) is 2.25. The van der Waals surface area contributed by atoms with Crippen molar-refractivity contribution in [2.45, 2.75) is 13.0 Å². The first-order valence-corrected chi connectivity index (χ1v) is 5.33. The average Bonchev–Trinajstić information content (AvgIpc) is 2.34. The van der Waals surface area contributed by atoms with E-state index < -0.39 is 12.1 Å². The molecule has 18 heavy (non-hydrogen) atoms. The van der Waals surface area contributed by atoms with Crippen LogP contribution in [-0.4, -0.2) is 35.7 Å². The Labute approximate surface area is 104 Å². The number of benzene rings is 1. The monoisotopic (exact) mass is 255 g/mol. The lowest BCUT2D eigenvalue weighted by Gasteiger charge is -2.15. The first kappa shape index (κ1) is 14.0. The van der Waals surface area contributed by atoms with E-state index in [2.05, 4.69) is 0 Å². The molecule has 1 amide bonds. The fourth-order valence-corrected chi connectivity index (χ4v) is 1.19. The summed E-state index contributed by atoms with van der Waals surface area (Å²) in [7, 11) is 1.45. The molecule has 0 spiro atoms. The second-order valence-corrected chi connectivity index (χ2v) is 3.75. The van der Waals surface area contributed by atoms with Crippen LogP contribution in [0.15, 0.2) is 24.3 Å². The number of aliphatic carboxylic acids is 1. The van der Waals surface area contributed by atoms with E-state index in [0.717, 1.165) is 0 Å². The van der Waals surface area contributed by atoms with Crippen LogP contribution < -0.4 is 0 Å². The molecule has 98 valence electrons. The minimum atomic E-state index is -0.979. The lowest BCUT2D eigenvalue weighted by Crippen LogP contribution is -2.29. The van der Waals surface area contributed by atoms with E-state index in [9.17, 15) is 14.0 Å². The molecule has 0 fully saturated rings. The molecule has 0 saturated carbocycles. The van der Waals surface area contributed by atoms with Gasteiger partial charge >= 0.3 is 12.1 Å². The van der Waals surface area contributed by atoms with Crippen molar-refractivity contribution in [3.63, 3.8) is 0 Å². The maximum Gasteiger partial charge on any atom is 0.409 e. The van der Waals surface area contributed by atoms with Gasteiger partial charge in [-0.05, 0) is 17.7 Å². The Morgan fingerprint density at radius 2 is 1.94 bits per heavy atom. The van der Waals surface area contributed by atoms with Crippen molar-refractivity contribution < 1.29 is 23.8 Å². The fourth-order valence-electron chi connectivity index (χ4n) is 1.19. The number of carbonyl (C=O) groups excluding carboxylic acids is 1. The van der Waals surface area contributed by atoms with Crippen molar-refractivity contribution in [2.24, 2.45) is 0 Å². The Kier molecular flexibility index (Phi) is 5.10. The van der Waals surface area contributed by atoms with E-state index in [0.29, 0.717) is 5.56 Å². The number of ether oxygens (including phenoxy) is 1. The van der Waals surface area contributed by atoms with Crippen LogP contribution in [0.1, 0.15) is 12.0 Å². The molecule has 0 aliphatic heterocycles. The Bertz CT molecular complexity index is 419. The van der Waals surface area contributed by atoms with Gasteiger partial charge in [-0.1, -0.05) is 12.1 Å². The smallest absolute Gasteiger partial charge is 0.409 e. The van der Waals surface area contributed by atoms with Crippen LogP contribution in [0.5, 0.6) is 0 Å². The summed E-state index contributed by atoms with van der Waals surface area (Å²) in [6, 6.07) is 5.58. The molecule has 1 N–H and O–H groups in total. The zero-order valence-electron chi connectivity index (χ0n) is 9.93. The zero-order chi connectivity index (χ0) is 13.5. The second kappa shape index (κ2) is 6.58.